The van der Waals surface area contributed by atoms with E-state index in [0.717, 1.165) is 0 Å². The van der Waals surface area contributed by atoms with Crippen molar-refractivity contribution in [2.45, 2.75) is 39.5 Å². The molecule has 0 aromatic carbocycles. The number of amides is 1. The van der Waals surface area contributed by atoms with E-state index >= 15 is 0 Å². The van der Waals surface area contributed by atoms with Gasteiger partial charge in [0.1, 0.15) is 23.1 Å². The quantitative estimate of drug-likeness (QED) is 0.348. The molecule has 0 unspecified atom stereocenters. The smallest absolute Gasteiger partial charge is 0.276 e. The van der Waals surface area contributed by atoms with Gasteiger partial charge in [-0.3, -0.25) is 14.2 Å². The van der Waals surface area contributed by atoms with Crippen LogP contribution in [0.4, 0.5) is 5.69 Å². The molecule has 0 spiro atoms. The van der Waals surface area contributed by atoms with Gasteiger partial charge < -0.3 is 9.80 Å². The number of hydrogen-bond acceptors (Lipinski definition) is 7. The molecule has 0 bridgehead atoms. The molecule has 0 atom stereocenters. The number of nitrogens with zero attached hydrogens (tertiary/aromatic N) is 7. The van der Waals surface area contributed by atoms with Crippen molar-refractivity contribution in [3.05, 3.63) is 62.5 Å². The van der Waals surface area contributed by atoms with Gasteiger partial charge in [-0.2, -0.15) is 5.26 Å². The summed E-state index contributed by atoms with van der Waals surface area (Å²) in [7, 11) is 0. The molecule has 1 aliphatic rings. The van der Waals surface area contributed by atoms with Crippen LogP contribution in [-0.4, -0.2) is 56.5 Å². The minimum Gasteiger partial charge on any atom is -0.366 e. The Morgan fingerprint density at radius 1 is 1.08 bits per heavy atom. The Morgan fingerprint density at radius 3 is 2.19 bits per heavy atom. The molecular weight excluding hydrogens is 513 g/mol. The van der Waals surface area contributed by atoms with Crippen LogP contribution < -0.4 is 10.5 Å². The first-order valence-electron chi connectivity index (χ1n) is 12.0. The molecule has 1 aliphatic heterocycles. The van der Waals surface area contributed by atoms with Gasteiger partial charge in [0, 0.05) is 31.6 Å². The highest BCUT2D eigenvalue weighted by Crippen LogP contribution is 2.36. The lowest BCUT2D eigenvalue weighted by atomic mass is 10.0. The van der Waals surface area contributed by atoms with Crippen molar-refractivity contribution >= 4 is 45.8 Å². The van der Waals surface area contributed by atoms with E-state index in [2.05, 4.69) is 27.6 Å². The maximum atomic E-state index is 14.1. The van der Waals surface area contributed by atoms with Crippen molar-refractivity contribution in [1.29, 1.82) is 5.26 Å². The number of aromatic nitrogens is 4. The number of anilines is 1. The summed E-state index contributed by atoms with van der Waals surface area (Å²) in [6, 6.07) is 3.76. The topological polar surface area (TPSA) is 108 Å². The Balaban J connectivity index is 2.08. The number of piperazine rings is 1. The van der Waals surface area contributed by atoms with E-state index in [1.165, 1.54) is 17.0 Å². The maximum absolute atomic E-state index is 14.1. The first-order chi connectivity index (χ1) is 17.6. The van der Waals surface area contributed by atoms with Gasteiger partial charge in [-0.25, -0.2) is 15.0 Å². The average Bonchev–Trinajstić information content (AvgIpc) is 2.88. The van der Waals surface area contributed by atoms with Crippen LogP contribution in [-0.2, 0) is 4.79 Å². The summed E-state index contributed by atoms with van der Waals surface area (Å²) in [5.41, 5.74) is 1.90. The second kappa shape index (κ2) is 10.5. The van der Waals surface area contributed by atoms with E-state index in [9.17, 15) is 14.9 Å². The number of fused-ring (bicyclic) bond motifs is 1. The Kier molecular flexibility index (Phi) is 7.53. The molecule has 1 amide bonds. The van der Waals surface area contributed by atoms with E-state index in [1.807, 2.05) is 32.6 Å². The van der Waals surface area contributed by atoms with Gasteiger partial charge in [0.05, 0.1) is 27.8 Å². The van der Waals surface area contributed by atoms with Crippen LogP contribution in [0.15, 0.2) is 29.8 Å². The van der Waals surface area contributed by atoms with Crippen LogP contribution in [0.2, 0.25) is 10.2 Å². The Bertz CT molecular complexity index is 1470. The number of pyridine rings is 2. The number of carbonyl (C=O) groups excluding carboxylic acids is 1. The van der Waals surface area contributed by atoms with Crippen molar-refractivity contribution in [2.24, 2.45) is 0 Å². The van der Waals surface area contributed by atoms with Crippen molar-refractivity contribution in [2.75, 3.05) is 31.1 Å². The second-order valence-corrected chi connectivity index (χ2v) is 10.2. The molecule has 1 saturated heterocycles. The van der Waals surface area contributed by atoms with Gasteiger partial charge in [-0.15, -0.1) is 0 Å². The SMILES string of the molecule is C=CC(=O)N1CCN(c2c(C#N)c(=O)n(-c3c(C(C)C)ncnc3C(C)C)c3nc(Cl)c(Cl)cc23)CC1. The predicted octanol–water partition coefficient (Wildman–Crippen LogP) is 4.44. The van der Waals surface area contributed by atoms with Crippen LogP contribution in [0.1, 0.15) is 56.5 Å². The van der Waals surface area contributed by atoms with E-state index in [0.29, 0.717) is 54.3 Å². The fraction of sp³-hybridized carbons (Fsp3) is 0.385. The van der Waals surface area contributed by atoms with Crippen molar-refractivity contribution in [3.63, 3.8) is 0 Å². The second-order valence-electron chi connectivity index (χ2n) is 9.43. The largest absolute Gasteiger partial charge is 0.366 e. The van der Waals surface area contributed by atoms with Crippen molar-refractivity contribution < 1.29 is 4.79 Å². The number of nitriles is 1. The summed E-state index contributed by atoms with van der Waals surface area (Å²) in [5, 5.41) is 11.0. The minimum absolute atomic E-state index is 0.0356. The van der Waals surface area contributed by atoms with Gasteiger partial charge in [0.2, 0.25) is 5.91 Å². The normalized spacial score (nSPS) is 13.9. The number of hydrogen-bond donors (Lipinski definition) is 0. The molecule has 192 valence electrons. The van der Waals surface area contributed by atoms with Crippen LogP contribution in [0.25, 0.3) is 16.7 Å². The molecule has 4 rings (SSSR count). The summed E-state index contributed by atoms with van der Waals surface area (Å²) in [6.07, 6.45) is 2.77. The van der Waals surface area contributed by atoms with Gasteiger partial charge in [-0.1, -0.05) is 57.5 Å². The van der Waals surface area contributed by atoms with Crippen LogP contribution >= 0.6 is 23.2 Å². The lowest BCUT2D eigenvalue weighted by Gasteiger charge is -2.36. The van der Waals surface area contributed by atoms with Crippen molar-refractivity contribution in [1.82, 2.24) is 24.4 Å². The zero-order valence-electron chi connectivity index (χ0n) is 21.1. The van der Waals surface area contributed by atoms with E-state index in [1.54, 1.807) is 11.0 Å². The molecule has 0 radical (unpaired) electrons. The Morgan fingerprint density at radius 2 is 1.68 bits per heavy atom. The molecule has 37 heavy (non-hydrogen) atoms. The molecule has 4 heterocycles. The number of halogens is 2. The summed E-state index contributed by atoms with van der Waals surface area (Å²) < 4.78 is 1.40. The first-order valence-corrected chi connectivity index (χ1v) is 12.7. The fourth-order valence-corrected chi connectivity index (χ4v) is 4.93. The summed E-state index contributed by atoms with van der Waals surface area (Å²) in [5.74, 6) is -0.245. The Labute approximate surface area is 225 Å². The van der Waals surface area contributed by atoms with E-state index in [-0.39, 0.29) is 39.1 Å². The van der Waals surface area contributed by atoms with Gasteiger partial charge in [0.25, 0.3) is 5.56 Å². The molecule has 0 N–H and O–H groups in total. The Hall–Kier alpha value is -3.48. The monoisotopic (exact) mass is 539 g/mol. The average molecular weight is 540 g/mol. The van der Waals surface area contributed by atoms with E-state index < -0.39 is 5.56 Å². The lowest BCUT2D eigenvalue weighted by Crippen LogP contribution is -2.49. The molecule has 1 fully saturated rings. The zero-order chi connectivity index (χ0) is 27.0. The highest BCUT2D eigenvalue weighted by molar-refractivity contribution is 6.41. The molecule has 0 aliphatic carbocycles. The van der Waals surface area contributed by atoms with Gasteiger partial charge in [-0.05, 0) is 24.0 Å². The summed E-state index contributed by atoms with van der Waals surface area (Å²) >= 11 is 12.8. The van der Waals surface area contributed by atoms with Gasteiger partial charge >= 0.3 is 0 Å². The molecule has 3 aromatic heterocycles. The lowest BCUT2D eigenvalue weighted by molar-refractivity contribution is -0.126. The molecule has 9 nitrogen and oxygen atoms in total. The zero-order valence-corrected chi connectivity index (χ0v) is 22.6. The summed E-state index contributed by atoms with van der Waals surface area (Å²) in [6.45, 7) is 13.1. The first kappa shape index (κ1) is 26.6. The minimum atomic E-state index is -0.543. The highest BCUT2D eigenvalue weighted by Gasteiger charge is 2.30. The van der Waals surface area contributed by atoms with Gasteiger partial charge in [0.15, 0.2) is 5.65 Å². The molecule has 0 saturated carbocycles. The fourth-order valence-electron chi connectivity index (χ4n) is 4.64. The third-order valence-electron chi connectivity index (χ3n) is 6.42. The maximum Gasteiger partial charge on any atom is 0.276 e. The van der Waals surface area contributed by atoms with Crippen LogP contribution in [0.3, 0.4) is 0 Å². The molecular formula is C26H27Cl2N7O2. The number of carbonyl (C=O) groups is 1. The van der Waals surface area contributed by atoms with Crippen molar-refractivity contribution in [3.8, 4) is 11.8 Å². The summed E-state index contributed by atoms with van der Waals surface area (Å²) in [4.78, 5) is 43.3. The highest BCUT2D eigenvalue weighted by atomic mass is 35.5. The third-order valence-corrected chi connectivity index (χ3v) is 7.10. The molecule has 3 aromatic rings. The van der Waals surface area contributed by atoms with E-state index in [4.69, 9.17) is 23.2 Å². The van der Waals surface area contributed by atoms with Crippen LogP contribution in [0.5, 0.6) is 0 Å². The molecule has 11 heteroatoms. The predicted molar refractivity (Wildman–Crippen MR) is 145 cm³/mol. The number of rotatable bonds is 5. The standard InChI is InChI=1S/C26H27Cl2N7O2/c1-6-19(36)33-7-9-34(10-8-33)22-16-11-18(27)24(28)32-25(16)35(26(37)17(22)12-29)23-20(14(2)3)30-13-31-21(23)15(4)5/h6,11,13-15H,1,7-10H2,2-5H3. The third kappa shape index (κ3) is 4.67. The van der Waals surface area contributed by atoms with Crippen LogP contribution in [0, 0.1) is 11.3 Å².